The van der Waals surface area contributed by atoms with Gasteiger partial charge in [-0.3, -0.25) is 0 Å². The first-order valence-corrected chi connectivity index (χ1v) is 17.7. The molecule has 4 fully saturated rings. The Bertz CT molecular complexity index is 934. The lowest BCUT2D eigenvalue weighted by molar-refractivity contribution is -0.125. The van der Waals surface area contributed by atoms with Crippen molar-refractivity contribution in [1.29, 1.82) is 0 Å². The van der Waals surface area contributed by atoms with Crippen LogP contribution in [0.25, 0.3) is 0 Å². The summed E-state index contributed by atoms with van der Waals surface area (Å²) in [5, 5.41) is 10.4. The minimum Gasteiger partial charge on any atom is -0.393 e. The minimum atomic E-state index is -0.0868. The van der Waals surface area contributed by atoms with Crippen LogP contribution in [0.2, 0.25) is 0 Å². The third-order valence-corrected chi connectivity index (χ3v) is 12.2. The van der Waals surface area contributed by atoms with Crippen molar-refractivity contribution in [3.8, 4) is 0 Å². The van der Waals surface area contributed by atoms with E-state index in [0.29, 0.717) is 17.4 Å². The fourth-order valence-electron chi connectivity index (χ4n) is 10.0. The lowest BCUT2D eigenvalue weighted by atomic mass is 9.44. The van der Waals surface area contributed by atoms with E-state index in [0.717, 1.165) is 48.9 Å². The summed E-state index contributed by atoms with van der Waals surface area (Å²) in [6.45, 7) is 20.8. The number of hydrogen-bond donors (Lipinski definition) is 1. The molecule has 41 heavy (non-hydrogen) atoms. The summed E-state index contributed by atoms with van der Waals surface area (Å²) in [5.41, 5.74) is 3.88. The van der Waals surface area contributed by atoms with Gasteiger partial charge in [0.1, 0.15) is 0 Å². The Morgan fingerprint density at radius 1 is 0.902 bits per heavy atom. The second-order valence-corrected chi connectivity index (χ2v) is 14.5. The summed E-state index contributed by atoms with van der Waals surface area (Å²) in [7, 11) is 0. The molecule has 1 aromatic carbocycles. The third kappa shape index (κ3) is 7.52. The highest BCUT2D eigenvalue weighted by Crippen LogP contribution is 2.68. The van der Waals surface area contributed by atoms with Gasteiger partial charge in [-0.25, -0.2) is 0 Å². The molecule has 0 heterocycles. The number of hydrogen-bond acceptors (Lipinski definition) is 2. The maximum absolute atomic E-state index is 10.4. The van der Waals surface area contributed by atoms with Crippen molar-refractivity contribution < 1.29 is 9.84 Å². The number of aliphatic hydroxyl groups is 1. The minimum absolute atomic E-state index is 0.0368. The third-order valence-electron chi connectivity index (χ3n) is 12.2. The molecule has 8 atom stereocenters. The number of ether oxygens (including phenoxy) is 1. The molecule has 0 spiro atoms. The van der Waals surface area contributed by atoms with Crippen LogP contribution in [-0.2, 0) is 11.3 Å². The Kier molecular flexibility index (Phi) is 12.6. The summed E-state index contributed by atoms with van der Waals surface area (Å²) in [6, 6.07) is 10.6. The summed E-state index contributed by atoms with van der Waals surface area (Å²) in [5.74, 6) is 4.26. The first-order valence-electron chi connectivity index (χ1n) is 17.7. The highest BCUT2D eigenvalue weighted by atomic mass is 16.5. The van der Waals surface area contributed by atoms with Gasteiger partial charge in [0.2, 0.25) is 0 Å². The maximum Gasteiger partial charge on any atom is 0.0724 e. The van der Waals surface area contributed by atoms with E-state index in [4.69, 9.17) is 4.74 Å². The second kappa shape index (κ2) is 15.1. The number of fused-ring (bicyclic) bond motifs is 5. The van der Waals surface area contributed by atoms with Gasteiger partial charge in [0, 0.05) is 0 Å². The van der Waals surface area contributed by atoms with Gasteiger partial charge in [0.05, 0.1) is 18.3 Å². The quantitative estimate of drug-likeness (QED) is 0.317. The van der Waals surface area contributed by atoms with E-state index < -0.39 is 0 Å². The van der Waals surface area contributed by atoms with Crippen LogP contribution < -0.4 is 0 Å². The van der Waals surface area contributed by atoms with Crippen molar-refractivity contribution in [1.82, 2.24) is 0 Å². The molecule has 0 aliphatic heterocycles. The van der Waals surface area contributed by atoms with Crippen LogP contribution in [0.1, 0.15) is 145 Å². The van der Waals surface area contributed by atoms with Gasteiger partial charge < -0.3 is 9.84 Å². The molecular weight excluding hydrogens is 500 g/mol. The molecule has 1 N–H and O–H groups in total. The molecule has 0 aromatic heterocycles. The number of rotatable bonds is 8. The Labute approximate surface area is 255 Å². The first-order chi connectivity index (χ1) is 19.7. The molecule has 2 heteroatoms. The molecule has 0 amide bonds. The Morgan fingerprint density at radius 2 is 1.56 bits per heavy atom. The Hall–Kier alpha value is -1.12. The molecular formula is C39H66O2. The van der Waals surface area contributed by atoms with Crippen molar-refractivity contribution >= 4 is 0 Å². The van der Waals surface area contributed by atoms with Gasteiger partial charge in [-0.1, -0.05) is 83.5 Å². The zero-order valence-electron chi connectivity index (χ0n) is 28.5. The lowest BCUT2D eigenvalue weighted by Crippen LogP contribution is -2.54. The van der Waals surface area contributed by atoms with Gasteiger partial charge >= 0.3 is 0 Å². The summed E-state index contributed by atoms with van der Waals surface area (Å²) in [6.07, 6.45) is 17.8. The van der Waals surface area contributed by atoms with Crippen molar-refractivity contribution in [3.63, 3.8) is 0 Å². The topological polar surface area (TPSA) is 29.5 Å². The number of benzene rings is 1. The van der Waals surface area contributed by atoms with Crippen molar-refractivity contribution in [3.05, 3.63) is 47.5 Å². The normalized spacial score (nSPS) is 36.5. The fraction of sp³-hybridized carbons (Fsp3) is 0.795. The molecule has 4 aliphatic rings. The first kappa shape index (κ1) is 34.4. The van der Waals surface area contributed by atoms with Gasteiger partial charge in [0.25, 0.3) is 0 Å². The fourth-order valence-corrected chi connectivity index (χ4v) is 10.0. The smallest absolute Gasteiger partial charge is 0.0724 e. The summed E-state index contributed by atoms with van der Waals surface area (Å²) < 4.78 is 6.35. The Balaban J connectivity index is 0.00000111. The highest BCUT2D eigenvalue weighted by molar-refractivity contribution is 5.18. The summed E-state index contributed by atoms with van der Waals surface area (Å²) >= 11 is 0. The monoisotopic (exact) mass is 567 g/mol. The SMILES string of the molecule is C/C=C(\CCCC(C)(C)OCc1ccccc1)C1CCC2C3CCC4CC(O)CCC4(C)C3CCC12C.CC.CC. The molecule has 0 saturated heterocycles. The number of aliphatic hydroxyl groups excluding tert-OH is 1. The Morgan fingerprint density at radius 3 is 2.24 bits per heavy atom. The van der Waals surface area contributed by atoms with E-state index in [1.807, 2.05) is 27.7 Å². The largest absolute Gasteiger partial charge is 0.393 e. The lowest BCUT2D eigenvalue weighted by Gasteiger charge is -2.61. The van der Waals surface area contributed by atoms with Gasteiger partial charge in [0.15, 0.2) is 0 Å². The van der Waals surface area contributed by atoms with Crippen molar-refractivity contribution in [2.24, 2.45) is 40.4 Å². The molecule has 0 bridgehead atoms. The van der Waals surface area contributed by atoms with Crippen LogP contribution in [0.4, 0.5) is 0 Å². The van der Waals surface area contributed by atoms with E-state index in [1.54, 1.807) is 5.57 Å². The van der Waals surface area contributed by atoms with Gasteiger partial charge in [-0.2, -0.15) is 0 Å². The van der Waals surface area contributed by atoms with Crippen LogP contribution in [0.3, 0.4) is 0 Å². The molecule has 4 saturated carbocycles. The average Bonchev–Trinajstić information content (AvgIpc) is 3.34. The molecule has 1 aromatic rings. The van der Waals surface area contributed by atoms with Crippen LogP contribution in [-0.4, -0.2) is 16.8 Å². The van der Waals surface area contributed by atoms with Crippen LogP contribution in [0, 0.1) is 40.4 Å². The van der Waals surface area contributed by atoms with E-state index in [1.165, 1.54) is 63.4 Å². The van der Waals surface area contributed by atoms with Crippen LogP contribution in [0.15, 0.2) is 42.0 Å². The molecule has 4 aliphatic carbocycles. The van der Waals surface area contributed by atoms with E-state index in [-0.39, 0.29) is 11.7 Å². The zero-order chi connectivity index (χ0) is 30.3. The van der Waals surface area contributed by atoms with Gasteiger partial charge in [-0.05, 0) is 144 Å². The van der Waals surface area contributed by atoms with Crippen LogP contribution >= 0.6 is 0 Å². The van der Waals surface area contributed by atoms with E-state index in [9.17, 15) is 5.11 Å². The molecule has 0 radical (unpaired) electrons. The average molecular weight is 567 g/mol. The zero-order valence-corrected chi connectivity index (χ0v) is 28.5. The maximum atomic E-state index is 10.4. The molecule has 5 rings (SSSR count). The van der Waals surface area contributed by atoms with E-state index >= 15 is 0 Å². The second-order valence-electron chi connectivity index (χ2n) is 14.5. The van der Waals surface area contributed by atoms with Crippen LogP contribution in [0.5, 0.6) is 0 Å². The summed E-state index contributed by atoms with van der Waals surface area (Å²) in [4.78, 5) is 0. The molecule has 2 nitrogen and oxygen atoms in total. The van der Waals surface area contributed by atoms with E-state index in [2.05, 4.69) is 71.0 Å². The predicted octanol–water partition coefficient (Wildman–Crippen LogP) is 11.2. The molecule has 8 unspecified atom stereocenters. The number of allylic oxidation sites excluding steroid dienone is 2. The molecule has 234 valence electrons. The van der Waals surface area contributed by atoms with Crippen molar-refractivity contribution in [2.75, 3.05) is 0 Å². The standard InChI is InChI=1S/C35H54O2.2C2H6/c1-6-26(13-10-20-33(2,3)37-24-25-11-8-7-9-12-25)30-16-17-31-29-15-14-27-23-28(36)18-21-34(27,4)32(29)19-22-35(30,31)5;2*1-2/h6-9,11-12,27-32,36H,10,13-24H2,1-5H3;2*1-2H3/b26-6+;;. The van der Waals surface area contributed by atoms with Crippen molar-refractivity contribution in [2.45, 2.75) is 158 Å². The predicted molar refractivity (Wildman–Crippen MR) is 177 cm³/mol. The van der Waals surface area contributed by atoms with Gasteiger partial charge in [-0.15, -0.1) is 0 Å². The highest BCUT2D eigenvalue weighted by Gasteiger charge is 2.60.